The number of benzene rings is 2. The summed E-state index contributed by atoms with van der Waals surface area (Å²) in [5.74, 6) is -0.583. The molecule has 1 unspecified atom stereocenters. The first-order valence-corrected chi connectivity index (χ1v) is 7.85. The van der Waals surface area contributed by atoms with Crippen LogP contribution in [0, 0.1) is 11.3 Å². The van der Waals surface area contributed by atoms with Crippen molar-refractivity contribution in [2.24, 2.45) is 0 Å². The van der Waals surface area contributed by atoms with Gasteiger partial charge >= 0.3 is 0 Å². The Balaban J connectivity index is 2.10. The number of carbonyl (C=O) groups excluding carboxylic acids is 2. The van der Waals surface area contributed by atoms with Crippen LogP contribution in [0.15, 0.2) is 60.2 Å². The number of carbonyl (C=O) groups is 2. The van der Waals surface area contributed by atoms with E-state index in [2.05, 4.69) is 10.6 Å². The molecular formula is C20H19N3O2. The van der Waals surface area contributed by atoms with E-state index in [1.807, 2.05) is 43.3 Å². The zero-order chi connectivity index (χ0) is 18.2. The highest BCUT2D eigenvalue weighted by molar-refractivity contribution is 6.02. The molecule has 2 aromatic rings. The minimum absolute atomic E-state index is 0.0232. The van der Waals surface area contributed by atoms with Crippen molar-refractivity contribution in [1.82, 2.24) is 5.32 Å². The first-order chi connectivity index (χ1) is 12.0. The molecule has 0 aliphatic rings. The molecular weight excluding hydrogens is 314 g/mol. The van der Waals surface area contributed by atoms with Gasteiger partial charge in [0.25, 0.3) is 5.91 Å². The van der Waals surface area contributed by atoms with Gasteiger partial charge in [-0.1, -0.05) is 42.5 Å². The molecule has 0 radical (unpaired) electrons. The molecule has 2 amide bonds. The standard InChI is InChI=1S/C20H19N3O2/c1-14(17-6-4-3-5-7-17)22-20(25)18(13-21)12-16-8-10-19(11-9-16)23-15(2)24/h3-12,14H,1-2H3,(H,22,25)(H,23,24)/b18-12+. The summed E-state index contributed by atoms with van der Waals surface area (Å²) in [6.07, 6.45) is 1.52. The highest BCUT2D eigenvalue weighted by atomic mass is 16.2. The topological polar surface area (TPSA) is 82.0 Å². The van der Waals surface area contributed by atoms with Crippen LogP contribution in [-0.4, -0.2) is 11.8 Å². The maximum atomic E-state index is 12.3. The average Bonchev–Trinajstić information content (AvgIpc) is 2.61. The Labute approximate surface area is 147 Å². The van der Waals surface area contributed by atoms with E-state index in [4.69, 9.17) is 0 Å². The third-order valence-corrected chi connectivity index (χ3v) is 3.55. The number of nitrogens with zero attached hydrogens (tertiary/aromatic N) is 1. The van der Waals surface area contributed by atoms with E-state index in [9.17, 15) is 14.9 Å². The molecule has 2 N–H and O–H groups in total. The smallest absolute Gasteiger partial charge is 0.262 e. The quantitative estimate of drug-likeness (QED) is 0.649. The Morgan fingerprint density at radius 1 is 1.08 bits per heavy atom. The third-order valence-electron chi connectivity index (χ3n) is 3.55. The van der Waals surface area contributed by atoms with Crippen LogP contribution < -0.4 is 10.6 Å². The zero-order valence-electron chi connectivity index (χ0n) is 14.1. The van der Waals surface area contributed by atoms with Crippen molar-refractivity contribution in [1.29, 1.82) is 5.26 Å². The lowest BCUT2D eigenvalue weighted by atomic mass is 10.1. The van der Waals surface area contributed by atoms with Crippen LogP contribution >= 0.6 is 0 Å². The van der Waals surface area contributed by atoms with Crippen molar-refractivity contribution in [3.8, 4) is 6.07 Å². The van der Waals surface area contributed by atoms with Gasteiger partial charge in [-0.2, -0.15) is 5.26 Å². The fourth-order valence-electron chi connectivity index (χ4n) is 2.28. The molecule has 0 spiro atoms. The largest absolute Gasteiger partial charge is 0.345 e. The molecule has 0 bridgehead atoms. The number of hydrogen-bond acceptors (Lipinski definition) is 3. The van der Waals surface area contributed by atoms with E-state index in [0.717, 1.165) is 5.56 Å². The summed E-state index contributed by atoms with van der Waals surface area (Å²) >= 11 is 0. The Morgan fingerprint density at radius 2 is 1.72 bits per heavy atom. The summed E-state index contributed by atoms with van der Waals surface area (Å²) in [5, 5.41) is 14.8. The zero-order valence-corrected chi connectivity index (χ0v) is 14.1. The van der Waals surface area contributed by atoms with Crippen LogP contribution in [0.25, 0.3) is 6.08 Å². The lowest BCUT2D eigenvalue weighted by Gasteiger charge is -2.13. The molecule has 2 aromatic carbocycles. The number of nitrogens with one attached hydrogen (secondary N) is 2. The minimum Gasteiger partial charge on any atom is -0.345 e. The van der Waals surface area contributed by atoms with Gasteiger partial charge in [-0.05, 0) is 36.3 Å². The molecule has 1 atom stereocenters. The molecule has 0 aromatic heterocycles. The van der Waals surface area contributed by atoms with Gasteiger partial charge in [0.05, 0.1) is 6.04 Å². The van der Waals surface area contributed by atoms with Gasteiger partial charge in [-0.15, -0.1) is 0 Å². The summed E-state index contributed by atoms with van der Waals surface area (Å²) in [7, 11) is 0. The van der Waals surface area contributed by atoms with Gasteiger partial charge in [-0.25, -0.2) is 0 Å². The summed E-state index contributed by atoms with van der Waals surface area (Å²) in [6, 6.07) is 18.2. The van der Waals surface area contributed by atoms with E-state index in [0.29, 0.717) is 11.3 Å². The average molecular weight is 333 g/mol. The fourth-order valence-corrected chi connectivity index (χ4v) is 2.28. The normalized spacial score (nSPS) is 12.0. The van der Waals surface area contributed by atoms with E-state index in [1.54, 1.807) is 24.3 Å². The molecule has 2 rings (SSSR count). The van der Waals surface area contributed by atoms with Gasteiger partial charge in [0, 0.05) is 12.6 Å². The second-order valence-corrected chi connectivity index (χ2v) is 5.58. The molecule has 5 nitrogen and oxygen atoms in total. The van der Waals surface area contributed by atoms with Crippen molar-refractivity contribution >= 4 is 23.6 Å². The first kappa shape index (κ1) is 18.0. The highest BCUT2D eigenvalue weighted by Crippen LogP contribution is 2.15. The lowest BCUT2D eigenvalue weighted by molar-refractivity contribution is -0.117. The molecule has 0 saturated heterocycles. The predicted molar refractivity (Wildman–Crippen MR) is 97.3 cm³/mol. The first-order valence-electron chi connectivity index (χ1n) is 7.85. The van der Waals surface area contributed by atoms with E-state index < -0.39 is 5.91 Å². The van der Waals surface area contributed by atoms with Gasteiger partial charge in [0.1, 0.15) is 11.6 Å². The molecule has 0 fully saturated rings. The maximum Gasteiger partial charge on any atom is 0.262 e. The molecule has 5 heteroatoms. The van der Waals surface area contributed by atoms with Crippen LogP contribution in [0.1, 0.15) is 31.0 Å². The van der Waals surface area contributed by atoms with Gasteiger partial charge in [0.15, 0.2) is 0 Å². The maximum absolute atomic E-state index is 12.3. The van der Waals surface area contributed by atoms with Crippen LogP contribution in [0.4, 0.5) is 5.69 Å². The SMILES string of the molecule is CC(=O)Nc1ccc(/C=C(\C#N)C(=O)NC(C)c2ccccc2)cc1. The number of anilines is 1. The summed E-state index contributed by atoms with van der Waals surface area (Å²) < 4.78 is 0. The molecule has 0 aliphatic heterocycles. The Morgan fingerprint density at radius 3 is 2.28 bits per heavy atom. The highest BCUT2D eigenvalue weighted by Gasteiger charge is 2.13. The number of amides is 2. The van der Waals surface area contributed by atoms with Gasteiger partial charge < -0.3 is 10.6 Å². The van der Waals surface area contributed by atoms with Gasteiger partial charge in [0.2, 0.25) is 5.91 Å². The lowest BCUT2D eigenvalue weighted by Crippen LogP contribution is -2.27. The number of rotatable bonds is 5. The summed E-state index contributed by atoms with van der Waals surface area (Å²) in [6.45, 7) is 3.30. The van der Waals surface area contributed by atoms with Crippen LogP contribution in [-0.2, 0) is 9.59 Å². The second-order valence-electron chi connectivity index (χ2n) is 5.58. The molecule has 0 aliphatic carbocycles. The summed E-state index contributed by atoms with van der Waals surface area (Å²) in [5.41, 5.74) is 2.35. The van der Waals surface area contributed by atoms with Crippen molar-refractivity contribution in [3.05, 3.63) is 71.3 Å². The number of hydrogen-bond donors (Lipinski definition) is 2. The van der Waals surface area contributed by atoms with Crippen molar-refractivity contribution in [2.75, 3.05) is 5.32 Å². The van der Waals surface area contributed by atoms with Crippen molar-refractivity contribution in [2.45, 2.75) is 19.9 Å². The number of nitriles is 1. The molecule has 25 heavy (non-hydrogen) atoms. The summed E-state index contributed by atoms with van der Waals surface area (Å²) in [4.78, 5) is 23.3. The molecule has 126 valence electrons. The van der Waals surface area contributed by atoms with E-state index in [-0.39, 0.29) is 17.5 Å². The van der Waals surface area contributed by atoms with Crippen molar-refractivity contribution < 1.29 is 9.59 Å². The second kappa shape index (κ2) is 8.46. The molecule has 0 heterocycles. The minimum atomic E-state index is -0.426. The Hall–Kier alpha value is -3.39. The van der Waals surface area contributed by atoms with Crippen molar-refractivity contribution in [3.63, 3.8) is 0 Å². The van der Waals surface area contributed by atoms with Crippen LogP contribution in [0.5, 0.6) is 0 Å². The Bertz CT molecular complexity index is 818. The van der Waals surface area contributed by atoms with Crippen LogP contribution in [0.3, 0.4) is 0 Å². The van der Waals surface area contributed by atoms with Gasteiger partial charge in [-0.3, -0.25) is 9.59 Å². The monoisotopic (exact) mass is 333 g/mol. The third kappa shape index (κ3) is 5.33. The van der Waals surface area contributed by atoms with E-state index >= 15 is 0 Å². The van der Waals surface area contributed by atoms with Crippen LogP contribution in [0.2, 0.25) is 0 Å². The predicted octanol–water partition coefficient (Wildman–Crippen LogP) is 3.43. The van der Waals surface area contributed by atoms with E-state index in [1.165, 1.54) is 13.0 Å². The Kier molecular flexibility index (Phi) is 6.08. The molecule has 0 saturated carbocycles. The fraction of sp³-hybridized carbons (Fsp3) is 0.150.